The van der Waals surface area contributed by atoms with Crippen molar-refractivity contribution in [3.05, 3.63) is 0 Å². The lowest BCUT2D eigenvalue weighted by atomic mass is 9.98. The molecule has 0 aromatic heterocycles. The summed E-state index contributed by atoms with van der Waals surface area (Å²) < 4.78 is 169. The number of rotatable bonds is 13. The van der Waals surface area contributed by atoms with E-state index in [1.165, 1.54) is 0 Å². The molecule has 1 unspecified atom stereocenters. The van der Waals surface area contributed by atoms with Crippen molar-refractivity contribution in [3.63, 3.8) is 0 Å². The molecule has 0 aliphatic carbocycles. The van der Waals surface area contributed by atoms with E-state index in [2.05, 4.69) is 4.74 Å². The lowest BCUT2D eigenvalue weighted by Gasteiger charge is -2.38. The number of hydrogen-bond donors (Lipinski definition) is 0. The highest BCUT2D eigenvalue weighted by Crippen LogP contribution is 2.58. The molecule has 0 bridgehead atoms. The largest absolute Gasteiger partial charge is 0.428 e. The van der Waals surface area contributed by atoms with Crippen LogP contribution in [0, 0.1) is 0 Å². The van der Waals surface area contributed by atoms with Crippen molar-refractivity contribution in [1.29, 1.82) is 0 Å². The van der Waals surface area contributed by atoms with Crippen LogP contribution < -0.4 is 0 Å². The van der Waals surface area contributed by atoms with Crippen LogP contribution in [-0.2, 0) is 9.84 Å². The van der Waals surface area contributed by atoms with Gasteiger partial charge in [0, 0.05) is 6.42 Å². The maximum absolute atomic E-state index is 13.3. The summed E-state index contributed by atoms with van der Waals surface area (Å²) in [5, 5.41) is 11.1. The molecular weight excluding hydrogens is 435 g/mol. The number of alkyl halides is 13. The second-order valence-corrected chi connectivity index (χ2v) is 5.60. The van der Waals surface area contributed by atoms with Gasteiger partial charge in [-0.25, -0.2) is 13.9 Å². The van der Waals surface area contributed by atoms with Crippen molar-refractivity contribution in [2.75, 3.05) is 6.67 Å². The predicted molar refractivity (Wildman–Crippen MR) is 65.4 cm³/mol. The lowest BCUT2D eigenvalue weighted by Crippen LogP contribution is -2.69. The number of unbranched alkanes of at least 4 members (excludes halogenated alkanes) is 3. The Morgan fingerprint density at radius 1 is 0.679 bits per heavy atom. The Bertz CT molecular complexity index is 481. The molecule has 1 radical (unpaired) electrons. The van der Waals surface area contributed by atoms with Crippen LogP contribution in [0.5, 0.6) is 0 Å². The molecule has 0 heterocycles. The van der Waals surface area contributed by atoms with E-state index in [1.54, 1.807) is 0 Å². The fraction of sp³-hybridized carbons (Fsp3) is 1.00. The van der Waals surface area contributed by atoms with Gasteiger partial charge in [-0.2, -0.15) is 43.9 Å². The zero-order valence-corrected chi connectivity index (χ0v) is 13.6. The van der Waals surface area contributed by atoms with Crippen LogP contribution in [0.15, 0.2) is 0 Å². The van der Waals surface area contributed by atoms with Crippen molar-refractivity contribution in [2.45, 2.75) is 74.6 Å². The second kappa shape index (κ2) is 9.22. The van der Waals surface area contributed by atoms with Crippen LogP contribution in [0.1, 0.15) is 32.1 Å². The molecule has 0 saturated carbocycles. The summed E-state index contributed by atoms with van der Waals surface area (Å²) in [5.41, 5.74) is 0. The van der Waals surface area contributed by atoms with Gasteiger partial charge in [-0.3, -0.25) is 9.13 Å². The minimum atomic E-state index is -7.73. The van der Waals surface area contributed by atoms with Crippen molar-refractivity contribution in [1.82, 2.24) is 0 Å². The van der Waals surface area contributed by atoms with Crippen molar-refractivity contribution in [3.8, 4) is 0 Å². The van der Waals surface area contributed by atoms with Crippen LogP contribution in [0.2, 0.25) is 0 Å². The Hall–Kier alpha value is -0.990. The molecule has 2 nitrogen and oxygen atoms in total. The van der Waals surface area contributed by atoms with E-state index in [0.717, 1.165) is 0 Å². The van der Waals surface area contributed by atoms with Crippen LogP contribution in [-0.4, -0.2) is 49.2 Å². The Kier molecular flexibility index (Phi) is 8.89. The first kappa shape index (κ1) is 27.0. The first-order valence-electron chi connectivity index (χ1n) is 7.47. The summed E-state index contributed by atoms with van der Waals surface area (Å²) in [7, 11) is 0. The average molecular weight is 449 g/mol. The summed E-state index contributed by atoms with van der Waals surface area (Å²) in [5.74, 6) is -29.9. The molecule has 1 atom stereocenters. The minimum absolute atomic E-state index is 0.0122. The van der Waals surface area contributed by atoms with E-state index >= 15 is 0 Å². The van der Waals surface area contributed by atoms with Crippen LogP contribution >= 0.6 is 0 Å². The first-order valence-corrected chi connectivity index (χ1v) is 7.47. The number of ether oxygens (including phenoxy) is 1. The highest BCUT2D eigenvalue weighted by atomic mass is 19.4. The molecule has 0 fully saturated rings. The van der Waals surface area contributed by atoms with Gasteiger partial charge in [-0.15, -0.1) is 0 Å². The van der Waals surface area contributed by atoms with E-state index in [-0.39, 0.29) is 25.7 Å². The van der Waals surface area contributed by atoms with Gasteiger partial charge in [-0.05, 0) is 12.8 Å². The summed E-state index contributed by atoms with van der Waals surface area (Å²) in [6.07, 6.45) is -16.7. The normalized spacial score (nSPS) is 16.0. The third kappa shape index (κ3) is 5.13. The SMILES string of the molecule is [O]C(CCCCCCF)OC(F)(F)C(F)(F)C(F)(F)C(F)(F)C(F)(F)C(F)F. The van der Waals surface area contributed by atoms with E-state index < -0.39 is 55.6 Å². The predicted octanol–water partition coefficient (Wildman–Crippen LogP) is 6.08. The fourth-order valence-electron chi connectivity index (χ4n) is 1.78. The highest BCUT2D eigenvalue weighted by Gasteiger charge is 2.88. The third-order valence-corrected chi connectivity index (χ3v) is 3.45. The van der Waals surface area contributed by atoms with Gasteiger partial charge < -0.3 is 0 Å². The summed E-state index contributed by atoms with van der Waals surface area (Å²) >= 11 is 0. The molecule has 0 amide bonds. The van der Waals surface area contributed by atoms with E-state index in [9.17, 15) is 62.2 Å². The molecule has 0 aliphatic rings. The zero-order valence-electron chi connectivity index (χ0n) is 13.6. The monoisotopic (exact) mass is 449 g/mol. The topological polar surface area (TPSA) is 29.1 Å². The van der Waals surface area contributed by atoms with Gasteiger partial charge in [0.05, 0.1) is 6.67 Å². The van der Waals surface area contributed by atoms with Crippen LogP contribution in [0.25, 0.3) is 0 Å². The average Bonchev–Trinajstić information content (AvgIpc) is 2.53. The second-order valence-electron chi connectivity index (χ2n) is 5.60. The Morgan fingerprint density at radius 2 is 1.14 bits per heavy atom. The molecule has 169 valence electrons. The standard InChI is InChI=1S/C13H14F13O2/c14-6-4-2-1-3-5-7(27)28-13(25,26)12(23,24)11(21,22)10(19,20)9(17,18)8(15)16/h7-8H,1-6H2. The lowest BCUT2D eigenvalue weighted by molar-refractivity contribution is -0.467. The van der Waals surface area contributed by atoms with Crippen LogP contribution in [0.4, 0.5) is 57.1 Å². The fourth-order valence-corrected chi connectivity index (χ4v) is 1.78. The van der Waals surface area contributed by atoms with E-state index in [4.69, 9.17) is 0 Å². The zero-order chi connectivity index (χ0) is 22.6. The van der Waals surface area contributed by atoms with E-state index in [1.807, 2.05) is 0 Å². The molecular formula is C13H14F13O2. The summed E-state index contributed by atoms with van der Waals surface area (Å²) in [6.45, 7) is -0.756. The number of hydrogen-bond acceptors (Lipinski definition) is 1. The molecule has 0 aromatic rings. The van der Waals surface area contributed by atoms with Gasteiger partial charge in [0.2, 0.25) is 0 Å². The summed E-state index contributed by atoms with van der Waals surface area (Å²) in [4.78, 5) is 0. The van der Waals surface area contributed by atoms with Gasteiger partial charge >= 0.3 is 36.2 Å². The smallest absolute Gasteiger partial charge is 0.283 e. The highest BCUT2D eigenvalue weighted by molar-refractivity contribution is 5.07. The summed E-state index contributed by atoms with van der Waals surface area (Å²) in [6, 6.07) is 0. The molecule has 0 saturated heterocycles. The molecule has 0 rings (SSSR count). The first-order chi connectivity index (χ1) is 12.4. The Labute approximate surface area is 149 Å². The minimum Gasteiger partial charge on any atom is -0.283 e. The van der Waals surface area contributed by atoms with Gasteiger partial charge in [-0.1, -0.05) is 12.8 Å². The van der Waals surface area contributed by atoms with E-state index in [0.29, 0.717) is 0 Å². The van der Waals surface area contributed by atoms with Gasteiger partial charge in [0.1, 0.15) is 0 Å². The molecule has 15 heteroatoms. The van der Waals surface area contributed by atoms with Crippen LogP contribution in [0.3, 0.4) is 0 Å². The maximum Gasteiger partial charge on any atom is 0.428 e. The molecule has 28 heavy (non-hydrogen) atoms. The van der Waals surface area contributed by atoms with Crippen molar-refractivity contribution >= 4 is 0 Å². The maximum atomic E-state index is 13.3. The Morgan fingerprint density at radius 3 is 1.57 bits per heavy atom. The van der Waals surface area contributed by atoms with Crippen molar-refractivity contribution < 1.29 is 66.9 Å². The molecule has 0 N–H and O–H groups in total. The third-order valence-electron chi connectivity index (χ3n) is 3.45. The molecule has 0 aromatic carbocycles. The number of halogens is 13. The van der Waals surface area contributed by atoms with Crippen molar-refractivity contribution in [2.24, 2.45) is 0 Å². The molecule has 0 spiro atoms. The molecule has 0 aliphatic heterocycles. The quantitative estimate of drug-likeness (QED) is 0.190. The van der Waals surface area contributed by atoms with Gasteiger partial charge in [0.25, 0.3) is 0 Å². The van der Waals surface area contributed by atoms with Gasteiger partial charge in [0.15, 0.2) is 6.29 Å². The Balaban J connectivity index is 5.40.